The van der Waals surface area contributed by atoms with Crippen molar-refractivity contribution >= 4 is 33.3 Å². The highest BCUT2D eigenvalue weighted by atomic mass is 79.9. The van der Waals surface area contributed by atoms with Crippen molar-refractivity contribution in [2.75, 3.05) is 11.1 Å². The van der Waals surface area contributed by atoms with Gasteiger partial charge in [-0.3, -0.25) is 9.48 Å². The van der Waals surface area contributed by atoms with Crippen LogP contribution in [0.3, 0.4) is 0 Å². The lowest BCUT2D eigenvalue weighted by Crippen LogP contribution is -2.19. The predicted octanol–water partition coefficient (Wildman–Crippen LogP) is 2.17. The van der Waals surface area contributed by atoms with E-state index in [4.69, 9.17) is 5.73 Å². The number of hydrogen-bond acceptors (Lipinski definition) is 3. The van der Waals surface area contributed by atoms with E-state index in [2.05, 4.69) is 26.3 Å². The third-order valence-corrected chi connectivity index (χ3v) is 3.05. The second kappa shape index (κ2) is 5.22. The molecule has 3 N–H and O–H groups in total. The maximum Gasteiger partial charge on any atom is 0.246 e. The first-order valence-electron chi connectivity index (χ1n) is 5.39. The molecule has 0 fully saturated rings. The Morgan fingerprint density at radius 3 is 2.94 bits per heavy atom. The van der Waals surface area contributed by atoms with Gasteiger partial charge in [0.2, 0.25) is 5.91 Å². The third-order valence-electron chi connectivity index (χ3n) is 2.36. The number of amides is 1. The van der Waals surface area contributed by atoms with Crippen molar-refractivity contribution in [1.29, 1.82) is 0 Å². The van der Waals surface area contributed by atoms with Gasteiger partial charge in [0, 0.05) is 10.7 Å². The van der Waals surface area contributed by atoms with Crippen molar-refractivity contribution in [3.63, 3.8) is 0 Å². The Labute approximate surface area is 113 Å². The number of nitrogens with two attached hydrogens (primary N) is 1. The first-order chi connectivity index (χ1) is 8.54. The summed E-state index contributed by atoms with van der Waals surface area (Å²) in [4.78, 5) is 11.8. The number of nitrogens with one attached hydrogen (secondary N) is 1. The van der Waals surface area contributed by atoms with Crippen LogP contribution in [0.25, 0.3) is 0 Å². The number of benzene rings is 1. The topological polar surface area (TPSA) is 72.9 Å². The molecule has 2 rings (SSSR count). The number of carbonyl (C=O) groups excluding carboxylic acids is 1. The van der Waals surface area contributed by atoms with E-state index in [1.165, 1.54) is 4.68 Å². The standard InChI is InChI=1S/C12H13BrN4O/c1-8-2-3-9(13)10(6-8)15-12(18)7-17-5-4-11(14)16-17/h2-6H,7H2,1H3,(H2,14,16)(H,15,18). The Balaban J connectivity index is 2.05. The molecule has 0 atom stereocenters. The third kappa shape index (κ3) is 3.10. The zero-order valence-electron chi connectivity index (χ0n) is 9.85. The molecule has 94 valence electrons. The normalized spacial score (nSPS) is 10.3. The van der Waals surface area contributed by atoms with E-state index in [-0.39, 0.29) is 12.5 Å². The summed E-state index contributed by atoms with van der Waals surface area (Å²) in [6.45, 7) is 2.11. The van der Waals surface area contributed by atoms with Crippen LogP contribution in [-0.4, -0.2) is 15.7 Å². The van der Waals surface area contributed by atoms with Crippen LogP contribution in [0.5, 0.6) is 0 Å². The molecule has 1 aromatic carbocycles. The van der Waals surface area contributed by atoms with Gasteiger partial charge < -0.3 is 11.1 Å². The van der Waals surface area contributed by atoms with Crippen LogP contribution in [-0.2, 0) is 11.3 Å². The number of nitrogens with zero attached hydrogens (tertiary/aromatic N) is 2. The number of aromatic nitrogens is 2. The van der Waals surface area contributed by atoms with Crippen molar-refractivity contribution in [1.82, 2.24) is 9.78 Å². The van der Waals surface area contributed by atoms with Crippen molar-refractivity contribution in [3.8, 4) is 0 Å². The van der Waals surface area contributed by atoms with Gasteiger partial charge in [-0.05, 0) is 46.6 Å². The minimum atomic E-state index is -0.149. The zero-order valence-corrected chi connectivity index (χ0v) is 11.4. The fourth-order valence-corrected chi connectivity index (χ4v) is 1.88. The molecule has 6 heteroatoms. The van der Waals surface area contributed by atoms with Gasteiger partial charge in [0.1, 0.15) is 12.4 Å². The molecule has 1 aromatic heterocycles. The second-order valence-corrected chi connectivity index (χ2v) is 4.82. The van der Waals surface area contributed by atoms with Crippen LogP contribution in [0.4, 0.5) is 11.5 Å². The van der Waals surface area contributed by atoms with Gasteiger partial charge in [0.25, 0.3) is 0 Å². The molecule has 0 bridgehead atoms. The maximum absolute atomic E-state index is 11.8. The highest BCUT2D eigenvalue weighted by molar-refractivity contribution is 9.10. The minimum absolute atomic E-state index is 0.136. The van der Waals surface area contributed by atoms with Gasteiger partial charge in [-0.2, -0.15) is 5.10 Å². The highest BCUT2D eigenvalue weighted by Crippen LogP contribution is 2.23. The van der Waals surface area contributed by atoms with Gasteiger partial charge in [-0.25, -0.2) is 0 Å². The molecule has 1 heterocycles. The monoisotopic (exact) mass is 308 g/mol. The molecular formula is C12H13BrN4O. The summed E-state index contributed by atoms with van der Waals surface area (Å²) >= 11 is 3.39. The first-order valence-corrected chi connectivity index (χ1v) is 6.19. The summed E-state index contributed by atoms with van der Waals surface area (Å²) in [5.41, 5.74) is 7.31. The highest BCUT2D eigenvalue weighted by Gasteiger charge is 2.07. The van der Waals surface area contributed by atoms with E-state index < -0.39 is 0 Å². The number of anilines is 2. The molecule has 18 heavy (non-hydrogen) atoms. The van der Waals surface area contributed by atoms with Crippen LogP contribution >= 0.6 is 15.9 Å². The summed E-state index contributed by atoms with van der Waals surface area (Å²) in [5.74, 6) is 0.254. The molecule has 0 spiro atoms. The van der Waals surface area contributed by atoms with Crippen LogP contribution in [0.2, 0.25) is 0 Å². The summed E-state index contributed by atoms with van der Waals surface area (Å²) in [7, 11) is 0. The number of halogens is 1. The lowest BCUT2D eigenvalue weighted by Gasteiger charge is -2.08. The molecule has 0 aliphatic heterocycles. The minimum Gasteiger partial charge on any atom is -0.382 e. The van der Waals surface area contributed by atoms with E-state index in [0.717, 1.165) is 15.7 Å². The Bertz CT molecular complexity index is 579. The SMILES string of the molecule is Cc1ccc(Br)c(NC(=O)Cn2ccc(N)n2)c1. The van der Waals surface area contributed by atoms with Gasteiger partial charge in [-0.15, -0.1) is 0 Å². The van der Waals surface area contributed by atoms with E-state index >= 15 is 0 Å². The summed E-state index contributed by atoms with van der Waals surface area (Å²) in [5, 5.41) is 6.78. The van der Waals surface area contributed by atoms with Crippen molar-refractivity contribution in [2.24, 2.45) is 0 Å². The molecule has 0 aliphatic rings. The van der Waals surface area contributed by atoms with Gasteiger partial charge >= 0.3 is 0 Å². The Morgan fingerprint density at radius 2 is 2.28 bits per heavy atom. The van der Waals surface area contributed by atoms with Crippen molar-refractivity contribution < 1.29 is 4.79 Å². The Morgan fingerprint density at radius 1 is 1.50 bits per heavy atom. The number of carbonyl (C=O) groups is 1. The van der Waals surface area contributed by atoms with E-state index in [0.29, 0.717) is 5.82 Å². The van der Waals surface area contributed by atoms with Crippen LogP contribution in [0, 0.1) is 6.92 Å². The molecule has 0 aliphatic carbocycles. The van der Waals surface area contributed by atoms with Crippen molar-refractivity contribution in [3.05, 3.63) is 40.5 Å². The smallest absolute Gasteiger partial charge is 0.246 e. The van der Waals surface area contributed by atoms with Gasteiger partial charge in [-0.1, -0.05) is 6.07 Å². The zero-order chi connectivity index (χ0) is 13.1. The summed E-state index contributed by atoms with van der Waals surface area (Å²) in [6.07, 6.45) is 1.67. The molecule has 1 amide bonds. The van der Waals surface area contributed by atoms with E-state index in [1.54, 1.807) is 12.3 Å². The predicted molar refractivity (Wildman–Crippen MR) is 74.1 cm³/mol. The maximum atomic E-state index is 11.8. The van der Waals surface area contributed by atoms with Gasteiger partial charge in [0.15, 0.2) is 0 Å². The number of hydrogen-bond donors (Lipinski definition) is 2. The average molecular weight is 309 g/mol. The molecule has 0 unspecified atom stereocenters. The largest absolute Gasteiger partial charge is 0.382 e. The molecular weight excluding hydrogens is 296 g/mol. The summed E-state index contributed by atoms with van der Waals surface area (Å²) in [6, 6.07) is 7.42. The quantitative estimate of drug-likeness (QED) is 0.912. The van der Waals surface area contributed by atoms with E-state index in [1.807, 2.05) is 25.1 Å². The first kappa shape index (κ1) is 12.6. The number of rotatable bonds is 3. The number of aryl methyl sites for hydroxylation is 1. The molecule has 5 nitrogen and oxygen atoms in total. The molecule has 0 saturated carbocycles. The van der Waals surface area contributed by atoms with Crippen LogP contribution < -0.4 is 11.1 Å². The fourth-order valence-electron chi connectivity index (χ4n) is 1.54. The molecule has 0 radical (unpaired) electrons. The lowest BCUT2D eigenvalue weighted by atomic mass is 10.2. The fraction of sp³-hybridized carbons (Fsp3) is 0.167. The lowest BCUT2D eigenvalue weighted by molar-refractivity contribution is -0.116. The van der Waals surface area contributed by atoms with E-state index in [9.17, 15) is 4.79 Å². The van der Waals surface area contributed by atoms with Crippen molar-refractivity contribution in [2.45, 2.75) is 13.5 Å². The molecule has 2 aromatic rings. The summed E-state index contributed by atoms with van der Waals surface area (Å²) < 4.78 is 2.34. The Kier molecular flexibility index (Phi) is 3.66. The van der Waals surface area contributed by atoms with Crippen LogP contribution in [0.1, 0.15) is 5.56 Å². The Hall–Kier alpha value is -1.82. The second-order valence-electron chi connectivity index (χ2n) is 3.97. The number of nitrogen functional groups attached to an aromatic ring is 1. The van der Waals surface area contributed by atoms with Gasteiger partial charge in [0.05, 0.1) is 5.69 Å². The van der Waals surface area contributed by atoms with Crippen LogP contribution in [0.15, 0.2) is 34.9 Å². The molecule has 0 saturated heterocycles. The average Bonchev–Trinajstić information content (AvgIpc) is 2.69.